The minimum absolute atomic E-state index is 0.0500. The molecule has 1 heterocycles. The molecule has 0 spiro atoms. The molecule has 0 bridgehead atoms. The van der Waals surface area contributed by atoms with Crippen molar-refractivity contribution < 1.29 is 34.8 Å². The maximum atomic E-state index is 13.4. The first kappa shape index (κ1) is 28.0. The highest BCUT2D eigenvalue weighted by molar-refractivity contribution is 7.89. The second-order valence-electron chi connectivity index (χ2n) is 8.30. The Balaban J connectivity index is 1.70. The zero-order valence-electron chi connectivity index (χ0n) is 19.5. The number of amides is 1. The van der Waals surface area contributed by atoms with E-state index in [-0.39, 0.29) is 28.6 Å². The first-order valence-corrected chi connectivity index (χ1v) is 14.4. The number of rotatable bonds is 6. The second-order valence-corrected chi connectivity index (χ2v) is 12.5. The quantitative estimate of drug-likeness (QED) is 0.468. The van der Waals surface area contributed by atoms with E-state index in [0.717, 1.165) is 20.7 Å². The fourth-order valence-corrected chi connectivity index (χ4v) is 7.25. The number of anilines is 1. The Morgan fingerprint density at radius 1 is 0.842 bits per heavy atom. The van der Waals surface area contributed by atoms with E-state index in [9.17, 15) is 34.8 Å². The predicted octanol–water partition coefficient (Wildman–Crippen LogP) is 4.06. The van der Waals surface area contributed by atoms with Gasteiger partial charge in [-0.15, -0.1) is 0 Å². The van der Waals surface area contributed by atoms with E-state index in [1.54, 1.807) is 12.1 Å². The van der Waals surface area contributed by atoms with Gasteiger partial charge in [-0.05, 0) is 42.5 Å². The fraction of sp³-hybridized carbons (Fsp3) is 0.208. The molecule has 0 saturated carbocycles. The lowest BCUT2D eigenvalue weighted by atomic mass is 10.1. The molecule has 3 aromatic rings. The number of nitrogens with one attached hydrogen (secondary N) is 1. The van der Waals surface area contributed by atoms with Crippen molar-refractivity contribution in [3.63, 3.8) is 0 Å². The van der Waals surface area contributed by atoms with Crippen molar-refractivity contribution in [3.05, 3.63) is 89.4 Å². The van der Waals surface area contributed by atoms with Crippen LogP contribution < -0.4 is 5.32 Å². The Morgan fingerprint density at radius 2 is 1.39 bits per heavy atom. The third-order valence-corrected chi connectivity index (χ3v) is 10.00. The summed E-state index contributed by atoms with van der Waals surface area (Å²) < 4.78 is 95.1. The molecule has 38 heavy (non-hydrogen) atoms. The first-order chi connectivity index (χ1) is 17.8. The molecule has 1 N–H and O–H groups in total. The molecule has 0 aliphatic carbocycles. The van der Waals surface area contributed by atoms with Gasteiger partial charge in [-0.1, -0.05) is 48.0 Å². The normalized spacial score (nSPS) is 17.7. The molecule has 1 fully saturated rings. The van der Waals surface area contributed by atoms with Crippen molar-refractivity contribution >= 4 is 43.2 Å². The first-order valence-electron chi connectivity index (χ1n) is 11.1. The number of halogens is 4. The summed E-state index contributed by atoms with van der Waals surface area (Å²) in [6.45, 7) is -1.17. The van der Waals surface area contributed by atoms with Gasteiger partial charge in [0.25, 0.3) is 0 Å². The number of nitrogens with zero attached hydrogens (tertiary/aromatic N) is 2. The zero-order chi connectivity index (χ0) is 27.7. The molecule has 8 nitrogen and oxygen atoms in total. The van der Waals surface area contributed by atoms with E-state index in [1.165, 1.54) is 48.5 Å². The molecule has 202 valence electrons. The van der Waals surface area contributed by atoms with E-state index in [0.29, 0.717) is 6.07 Å². The van der Waals surface area contributed by atoms with Crippen LogP contribution in [0.1, 0.15) is 5.56 Å². The van der Waals surface area contributed by atoms with Gasteiger partial charge in [0.1, 0.15) is 6.04 Å². The average molecular weight is 588 g/mol. The molecule has 0 radical (unpaired) electrons. The lowest BCUT2D eigenvalue weighted by molar-refractivity contribution is -0.137. The van der Waals surface area contributed by atoms with E-state index in [4.69, 9.17) is 11.6 Å². The smallest absolute Gasteiger partial charge is 0.325 e. The summed E-state index contributed by atoms with van der Waals surface area (Å²) in [7, 11) is -8.37. The molecule has 0 unspecified atom stereocenters. The molecule has 1 amide bonds. The number of carbonyl (C=O) groups is 1. The van der Waals surface area contributed by atoms with Crippen LogP contribution in [0.25, 0.3) is 0 Å². The largest absolute Gasteiger partial charge is 0.417 e. The lowest BCUT2D eigenvalue weighted by Crippen LogP contribution is -2.60. The summed E-state index contributed by atoms with van der Waals surface area (Å²) in [6.07, 6.45) is -4.80. The van der Waals surface area contributed by atoms with E-state index in [2.05, 4.69) is 5.32 Å². The van der Waals surface area contributed by atoms with Crippen LogP contribution in [0.4, 0.5) is 18.9 Å². The van der Waals surface area contributed by atoms with Gasteiger partial charge < -0.3 is 5.32 Å². The Kier molecular flexibility index (Phi) is 7.86. The molecule has 1 aliphatic heterocycles. The van der Waals surface area contributed by atoms with Gasteiger partial charge in [0.05, 0.1) is 20.4 Å². The van der Waals surface area contributed by atoms with E-state index >= 15 is 0 Å². The highest BCUT2D eigenvalue weighted by atomic mass is 35.5. The fourth-order valence-electron chi connectivity index (χ4n) is 3.98. The number of alkyl halides is 3. The molecule has 3 aromatic carbocycles. The van der Waals surface area contributed by atoms with E-state index in [1.807, 2.05) is 0 Å². The Labute approximate surface area is 222 Å². The van der Waals surface area contributed by atoms with Crippen molar-refractivity contribution in [2.75, 3.05) is 25.0 Å². The molecule has 1 aliphatic rings. The summed E-state index contributed by atoms with van der Waals surface area (Å²) in [5.74, 6) is -1.01. The summed E-state index contributed by atoms with van der Waals surface area (Å²) in [6, 6.07) is 15.7. The standard InChI is InChI=1S/C24H21ClF3N3O5S2/c25-21-12-11-17(15-20(21)24(26,27)28)29-23(32)22-16-30(37(33,34)18-7-3-1-4-8-18)13-14-31(22)38(35,36)19-9-5-2-6-10-19/h1-12,15,22H,13-14,16H2,(H,29,32)/t22-/m1/s1. The summed E-state index contributed by atoms with van der Waals surface area (Å²) >= 11 is 5.65. The Bertz CT molecular complexity index is 1540. The van der Waals surface area contributed by atoms with Gasteiger partial charge >= 0.3 is 6.18 Å². The lowest BCUT2D eigenvalue weighted by Gasteiger charge is -2.38. The number of benzene rings is 3. The summed E-state index contributed by atoms with van der Waals surface area (Å²) in [5.41, 5.74) is -1.48. The molecular formula is C24H21ClF3N3O5S2. The monoisotopic (exact) mass is 587 g/mol. The third kappa shape index (κ3) is 5.71. The topological polar surface area (TPSA) is 104 Å². The van der Waals surface area contributed by atoms with Crippen molar-refractivity contribution in [1.82, 2.24) is 8.61 Å². The van der Waals surface area contributed by atoms with Crippen LogP contribution in [0.3, 0.4) is 0 Å². The number of hydrogen-bond donors (Lipinski definition) is 1. The SMILES string of the molecule is O=C(Nc1ccc(Cl)c(C(F)(F)F)c1)[C@H]1CN(S(=O)(=O)c2ccccc2)CCN1S(=O)(=O)c1ccccc1. The minimum Gasteiger partial charge on any atom is -0.325 e. The number of piperazine rings is 1. The van der Waals surface area contributed by atoms with Gasteiger partial charge in [-0.3, -0.25) is 4.79 Å². The van der Waals surface area contributed by atoms with Crippen molar-refractivity contribution in [2.24, 2.45) is 0 Å². The molecule has 4 rings (SSSR count). The average Bonchev–Trinajstić information content (AvgIpc) is 2.89. The maximum Gasteiger partial charge on any atom is 0.417 e. The van der Waals surface area contributed by atoms with Gasteiger partial charge in [0.2, 0.25) is 26.0 Å². The maximum absolute atomic E-state index is 13.4. The summed E-state index contributed by atoms with van der Waals surface area (Å²) in [5, 5.41) is 1.71. The Morgan fingerprint density at radius 3 is 1.95 bits per heavy atom. The van der Waals surface area contributed by atoms with Crippen LogP contribution in [0.5, 0.6) is 0 Å². The van der Waals surface area contributed by atoms with Crippen LogP contribution in [0.15, 0.2) is 88.7 Å². The molecule has 1 atom stereocenters. The van der Waals surface area contributed by atoms with Crippen molar-refractivity contribution in [1.29, 1.82) is 0 Å². The van der Waals surface area contributed by atoms with Gasteiger partial charge in [-0.25, -0.2) is 16.8 Å². The molecule has 14 heteroatoms. The van der Waals surface area contributed by atoms with Crippen LogP contribution in [-0.4, -0.2) is 57.0 Å². The van der Waals surface area contributed by atoms with E-state index < -0.39 is 55.3 Å². The predicted molar refractivity (Wildman–Crippen MR) is 134 cm³/mol. The van der Waals surface area contributed by atoms with Crippen molar-refractivity contribution in [2.45, 2.75) is 22.0 Å². The summed E-state index contributed by atoms with van der Waals surface area (Å²) in [4.78, 5) is 13.2. The molecule has 1 saturated heterocycles. The molecular weight excluding hydrogens is 567 g/mol. The van der Waals surface area contributed by atoms with Crippen LogP contribution in [-0.2, 0) is 31.0 Å². The van der Waals surface area contributed by atoms with Gasteiger partial charge in [-0.2, -0.15) is 21.8 Å². The van der Waals surface area contributed by atoms with Crippen LogP contribution in [0.2, 0.25) is 5.02 Å². The van der Waals surface area contributed by atoms with Crippen LogP contribution in [0, 0.1) is 0 Å². The number of carbonyl (C=O) groups excluding carboxylic acids is 1. The van der Waals surface area contributed by atoms with Gasteiger partial charge in [0, 0.05) is 25.3 Å². The van der Waals surface area contributed by atoms with Crippen LogP contribution >= 0.6 is 11.6 Å². The second kappa shape index (κ2) is 10.7. The highest BCUT2D eigenvalue weighted by Crippen LogP contribution is 2.36. The zero-order valence-corrected chi connectivity index (χ0v) is 21.9. The number of hydrogen-bond acceptors (Lipinski definition) is 5. The minimum atomic E-state index is -4.80. The van der Waals surface area contributed by atoms with Crippen molar-refractivity contribution in [3.8, 4) is 0 Å². The van der Waals surface area contributed by atoms with Gasteiger partial charge in [0.15, 0.2) is 0 Å². The molecule has 0 aromatic heterocycles. The number of sulfonamides is 2. The highest BCUT2D eigenvalue weighted by Gasteiger charge is 2.43. The third-order valence-electron chi connectivity index (χ3n) is 5.87. The Hall–Kier alpha value is -2.97.